The van der Waals surface area contributed by atoms with Gasteiger partial charge < -0.3 is 5.32 Å². The van der Waals surface area contributed by atoms with E-state index in [2.05, 4.69) is 41.5 Å². The molecule has 0 aliphatic rings. The summed E-state index contributed by atoms with van der Waals surface area (Å²) in [5.41, 5.74) is 1.28. The molecule has 0 saturated heterocycles. The molecule has 1 aromatic carbocycles. The molecule has 1 N–H and O–H groups in total. The van der Waals surface area contributed by atoms with Gasteiger partial charge in [-0.05, 0) is 12.5 Å². The minimum atomic E-state index is 0.308. The van der Waals surface area contributed by atoms with Crippen LogP contribution in [0.15, 0.2) is 41.9 Å². The molecule has 0 unspecified atom stereocenters. The topological polar surface area (TPSA) is 24.9 Å². The summed E-state index contributed by atoms with van der Waals surface area (Å²) >= 11 is 1.62. The first-order valence-electron chi connectivity index (χ1n) is 4.57. The smallest absolute Gasteiger partial charge is 0.183 e. The lowest BCUT2D eigenvalue weighted by atomic mass is 10.1. The summed E-state index contributed by atoms with van der Waals surface area (Å²) in [4.78, 5) is 4.19. The van der Waals surface area contributed by atoms with Crippen LogP contribution < -0.4 is 5.32 Å². The second-order valence-electron chi connectivity index (χ2n) is 3.11. The van der Waals surface area contributed by atoms with Crippen LogP contribution in [-0.4, -0.2) is 4.98 Å². The number of rotatable bonds is 3. The summed E-state index contributed by atoms with van der Waals surface area (Å²) in [5.74, 6) is 0. The van der Waals surface area contributed by atoms with Gasteiger partial charge in [-0.3, -0.25) is 0 Å². The van der Waals surface area contributed by atoms with Gasteiger partial charge in [-0.1, -0.05) is 30.3 Å². The fraction of sp³-hybridized carbons (Fsp3) is 0.182. The van der Waals surface area contributed by atoms with E-state index >= 15 is 0 Å². The van der Waals surface area contributed by atoms with Crippen molar-refractivity contribution in [1.29, 1.82) is 0 Å². The number of nitrogens with one attached hydrogen (secondary N) is 1. The molecule has 0 fully saturated rings. The van der Waals surface area contributed by atoms with Crippen LogP contribution in [0.3, 0.4) is 0 Å². The monoisotopic (exact) mass is 204 g/mol. The second kappa shape index (κ2) is 4.24. The van der Waals surface area contributed by atoms with E-state index in [9.17, 15) is 0 Å². The molecule has 1 aromatic heterocycles. The summed E-state index contributed by atoms with van der Waals surface area (Å²) in [5, 5.41) is 6.29. The number of hydrogen-bond donors (Lipinski definition) is 1. The van der Waals surface area contributed by atoms with Crippen molar-refractivity contribution in [1.82, 2.24) is 4.98 Å². The molecule has 0 amide bonds. The molecular formula is C11H12N2S. The predicted molar refractivity (Wildman–Crippen MR) is 60.6 cm³/mol. The van der Waals surface area contributed by atoms with Crippen molar-refractivity contribution >= 4 is 16.5 Å². The Morgan fingerprint density at radius 1 is 1.29 bits per heavy atom. The van der Waals surface area contributed by atoms with E-state index in [1.54, 1.807) is 11.3 Å². The number of thiazole rings is 1. The molecule has 0 saturated carbocycles. The summed E-state index contributed by atoms with van der Waals surface area (Å²) in [7, 11) is 0. The molecule has 2 aromatic rings. The highest BCUT2D eigenvalue weighted by atomic mass is 32.1. The average molecular weight is 204 g/mol. The molecule has 3 heteroatoms. The Labute approximate surface area is 87.6 Å². The third-order valence-electron chi connectivity index (χ3n) is 2.07. The van der Waals surface area contributed by atoms with Crippen molar-refractivity contribution in [3.05, 3.63) is 47.5 Å². The predicted octanol–water partition coefficient (Wildman–Crippen LogP) is 3.32. The Balaban J connectivity index is 2.07. The SMILES string of the molecule is C[C@@H](Nc1nccs1)c1ccccc1. The highest BCUT2D eigenvalue weighted by Crippen LogP contribution is 2.19. The first-order valence-corrected chi connectivity index (χ1v) is 5.45. The summed E-state index contributed by atoms with van der Waals surface area (Å²) < 4.78 is 0. The van der Waals surface area contributed by atoms with Crippen molar-refractivity contribution in [2.24, 2.45) is 0 Å². The molecule has 0 spiro atoms. The van der Waals surface area contributed by atoms with Gasteiger partial charge in [0.2, 0.25) is 0 Å². The van der Waals surface area contributed by atoms with Crippen molar-refractivity contribution < 1.29 is 0 Å². The minimum Gasteiger partial charge on any atom is -0.355 e. The third-order valence-corrected chi connectivity index (χ3v) is 2.78. The molecule has 72 valence electrons. The molecule has 0 aliphatic carbocycles. The lowest BCUT2D eigenvalue weighted by Gasteiger charge is -2.12. The first-order chi connectivity index (χ1) is 6.86. The van der Waals surface area contributed by atoms with Gasteiger partial charge in [0, 0.05) is 11.6 Å². The largest absolute Gasteiger partial charge is 0.355 e. The first kappa shape index (κ1) is 9.21. The van der Waals surface area contributed by atoms with Crippen molar-refractivity contribution in [3.8, 4) is 0 Å². The van der Waals surface area contributed by atoms with Crippen molar-refractivity contribution in [3.63, 3.8) is 0 Å². The Bertz CT molecular complexity index is 369. The number of benzene rings is 1. The van der Waals surface area contributed by atoms with E-state index < -0.39 is 0 Å². The van der Waals surface area contributed by atoms with E-state index in [1.165, 1.54) is 5.56 Å². The van der Waals surface area contributed by atoms with Gasteiger partial charge in [-0.25, -0.2) is 4.98 Å². The van der Waals surface area contributed by atoms with Gasteiger partial charge in [0.25, 0.3) is 0 Å². The van der Waals surface area contributed by atoms with Crippen LogP contribution in [0.5, 0.6) is 0 Å². The van der Waals surface area contributed by atoms with Crippen LogP contribution in [0.1, 0.15) is 18.5 Å². The van der Waals surface area contributed by atoms with E-state index in [0.717, 1.165) is 5.13 Å². The van der Waals surface area contributed by atoms with Crippen LogP contribution in [0, 0.1) is 0 Å². The van der Waals surface area contributed by atoms with Gasteiger partial charge in [-0.15, -0.1) is 11.3 Å². The van der Waals surface area contributed by atoms with Gasteiger partial charge in [-0.2, -0.15) is 0 Å². The van der Waals surface area contributed by atoms with E-state index in [0.29, 0.717) is 6.04 Å². The standard InChI is InChI=1S/C11H12N2S/c1-9(10-5-3-2-4-6-10)13-11-12-7-8-14-11/h2-9H,1H3,(H,12,13)/t9-/m1/s1. The molecular weight excluding hydrogens is 192 g/mol. The summed E-state index contributed by atoms with van der Waals surface area (Å²) in [6.45, 7) is 2.14. The Kier molecular flexibility index (Phi) is 2.79. The fourth-order valence-corrected chi connectivity index (χ4v) is 1.92. The quantitative estimate of drug-likeness (QED) is 0.829. The van der Waals surface area contributed by atoms with Gasteiger partial charge in [0.1, 0.15) is 0 Å². The molecule has 1 atom stereocenters. The Morgan fingerprint density at radius 2 is 2.07 bits per heavy atom. The van der Waals surface area contributed by atoms with Gasteiger partial charge >= 0.3 is 0 Å². The van der Waals surface area contributed by atoms with E-state index in [1.807, 2.05) is 17.6 Å². The van der Waals surface area contributed by atoms with Crippen LogP contribution in [0.25, 0.3) is 0 Å². The maximum Gasteiger partial charge on any atom is 0.183 e. The molecule has 0 aliphatic heterocycles. The van der Waals surface area contributed by atoms with Crippen LogP contribution >= 0.6 is 11.3 Å². The summed E-state index contributed by atoms with van der Waals surface area (Å²) in [6.07, 6.45) is 1.81. The van der Waals surface area contributed by atoms with E-state index in [4.69, 9.17) is 0 Å². The number of hydrogen-bond acceptors (Lipinski definition) is 3. The molecule has 1 heterocycles. The highest BCUT2D eigenvalue weighted by molar-refractivity contribution is 7.13. The lowest BCUT2D eigenvalue weighted by Crippen LogP contribution is -2.05. The van der Waals surface area contributed by atoms with Gasteiger partial charge in [0.05, 0.1) is 6.04 Å². The minimum absolute atomic E-state index is 0.308. The Hall–Kier alpha value is -1.35. The van der Waals surface area contributed by atoms with Crippen LogP contribution in [0.4, 0.5) is 5.13 Å². The summed E-state index contributed by atoms with van der Waals surface area (Å²) in [6, 6.07) is 10.7. The van der Waals surface area contributed by atoms with Crippen molar-refractivity contribution in [2.75, 3.05) is 5.32 Å². The van der Waals surface area contributed by atoms with Crippen molar-refractivity contribution in [2.45, 2.75) is 13.0 Å². The molecule has 2 nitrogen and oxygen atoms in total. The van der Waals surface area contributed by atoms with E-state index in [-0.39, 0.29) is 0 Å². The highest BCUT2D eigenvalue weighted by Gasteiger charge is 2.04. The van der Waals surface area contributed by atoms with Crippen LogP contribution in [-0.2, 0) is 0 Å². The molecule has 0 bridgehead atoms. The maximum absolute atomic E-state index is 4.19. The fourth-order valence-electron chi connectivity index (χ4n) is 1.30. The maximum atomic E-state index is 4.19. The zero-order valence-corrected chi connectivity index (χ0v) is 8.79. The lowest BCUT2D eigenvalue weighted by molar-refractivity contribution is 0.882. The average Bonchev–Trinajstić information content (AvgIpc) is 2.72. The zero-order valence-electron chi connectivity index (χ0n) is 7.97. The molecule has 2 rings (SSSR count). The number of nitrogens with zero attached hydrogens (tertiary/aromatic N) is 1. The van der Waals surface area contributed by atoms with Gasteiger partial charge in [0.15, 0.2) is 5.13 Å². The zero-order chi connectivity index (χ0) is 9.80. The molecule has 14 heavy (non-hydrogen) atoms. The normalized spacial score (nSPS) is 12.4. The second-order valence-corrected chi connectivity index (χ2v) is 4.01. The Morgan fingerprint density at radius 3 is 2.71 bits per heavy atom. The molecule has 0 radical (unpaired) electrons. The van der Waals surface area contributed by atoms with Crippen LogP contribution in [0.2, 0.25) is 0 Å². The number of anilines is 1. The number of aromatic nitrogens is 1. The third kappa shape index (κ3) is 2.12.